The van der Waals surface area contributed by atoms with Gasteiger partial charge in [0.05, 0.1) is 6.54 Å². The Kier molecular flexibility index (Phi) is 5.59. The van der Waals surface area contributed by atoms with Gasteiger partial charge in [0.2, 0.25) is 5.91 Å². The van der Waals surface area contributed by atoms with E-state index < -0.39 is 0 Å². The molecule has 5 heteroatoms. The predicted octanol–water partition coefficient (Wildman–Crippen LogP) is 3.56. The molecule has 1 heterocycles. The van der Waals surface area contributed by atoms with Gasteiger partial charge in [0.1, 0.15) is 0 Å². The maximum absolute atomic E-state index is 11.8. The fraction of sp³-hybridized carbons (Fsp3) is 0.267. The molecule has 0 bridgehead atoms. The quantitative estimate of drug-likeness (QED) is 0.856. The number of carbonyl (C=O) groups excluding carboxylic acids is 1. The minimum atomic E-state index is -0.0653. The van der Waals surface area contributed by atoms with E-state index in [1.807, 2.05) is 12.1 Å². The van der Waals surface area contributed by atoms with Crippen LogP contribution >= 0.6 is 22.9 Å². The molecule has 1 atom stereocenters. The van der Waals surface area contributed by atoms with E-state index in [4.69, 9.17) is 11.6 Å². The van der Waals surface area contributed by atoms with Crippen molar-refractivity contribution in [1.82, 2.24) is 5.32 Å². The Morgan fingerprint density at radius 3 is 2.95 bits per heavy atom. The average molecular weight is 309 g/mol. The zero-order valence-corrected chi connectivity index (χ0v) is 12.8. The molecule has 2 N–H and O–H groups in total. The molecule has 3 nitrogen and oxygen atoms in total. The molecule has 1 amide bonds. The molecule has 0 saturated carbocycles. The summed E-state index contributed by atoms with van der Waals surface area (Å²) in [6, 6.07) is 9.50. The number of nitrogens with one attached hydrogen (secondary N) is 2. The molecule has 1 aromatic heterocycles. The molecule has 0 aliphatic carbocycles. The van der Waals surface area contributed by atoms with E-state index in [9.17, 15) is 4.79 Å². The average Bonchev–Trinajstić information content (AvgIpc) is 2.89. The minimum absolute atomic E-state index is 0.0653. The van der Waals surface area contributed by atoms with Gasteiger partial charge in [-0.15, -0.1) is 0 Å². The van der Waals surface area contributed by atoms with Crippen LogP contribution in [0.4, 0.5) is 5.69 Å². The molecule has 1 unspecified atom stereocenters. The number of thiophene rings is 1. The van der Waals surface area contributed by atoms with Crippen molar-refractivity contribution in [2.24, 2.45) is 0 Å². The number of rotatable bonds is 6. The van der Waals surface area contributed by atoms with Gasteiger partial charge in [0, 0.05) is 16.8 Å². The van der Waals surface area contributed by atoms with E-state index >= 15 is 0 Å². The van der Waals surface area contributed by atoms with Gasteiger partial charge in [-0.05, 0) is 53.9 Å². The van der Waals surface area contributed by atoms with Crippen LogP contribution in [0.2, 0.25) is 5.02 Å². The molecule has 0 radical (unpaired) electrons. The second kappa shape index (κ2) is 7.43. The van der Waals surface area contributed by atoms with Crippen molar-refractivity contribution in [3.63, 3.8) is 0 Å². The summed E-state index contributed by atoms with van der Waals surface area (Å²) in [5.41, 5.74) is 2.01. The van der Waals surface area contributed by atoms with Crippen LogP contribution in [0.1, 0.15) is 12.5 Å². The Morgan fingerprint density at radius 1 is 1.40 bits per heavy atom. The van der Waals surface area contributed by atoms with Gasteiger partial charge < -0.3 is 10.6 Å². The zero-order chi connectivity index (χ0) is 14.4. The van der Waals surface area contributed by atoms with Crippen molar-refractivity contribution in [3.8, 4) is 0 Å². The number of carbonyl (C=O) groups is 1. The van der Waals surface area contributed by atoms with Crippen molar-refractivity contribution in [2.45, 2.75) is 19.4 Å². The Bertz CT molecular complexity index is 557. The standard InChI is InChI=1S/C15H17ClN2OS/c1-11(7-12-5-6-20-10-12)17-9-15(19)18-14-4-2-3-13(16)8-14/h2-6,8,10-11,17H,7,9H2,1H3,(H,18,19). The van der Waals surface area contributed by atoms with E-state index in [1.54, 1.807) is 23.5 Å². The molecule has 20 heavy (non-hydrogen) atoms. The molecule has 2 rings (SSSR count). The van der Waals surface area contributed by atoms with E-state index in [-0.39, 0.29) is 18.5 Å². The topological polar surface area (TPSA) is 41.1 Å². The summed E-state index contributed by atoms with van der Waals surface area (Å²) in [7, 11) is 0. The van der Waals surface area contributed by atoms with Crippen LogP contribution in [0.3, 0.4) is 0 Å². The van der Waals surface area contributed by atoms with Crippen LogP contribution in [0.25, 0.3) is 0 Å². The lowest BCUT2D eigenvalue weighted by Gasteiger charge is -2.13. The third-order valence-corrected chi connectivity index (χ3v) is 3.81. The van der Waals surface area contributed by atoms with Crippen LogP contribution in [0, 0.1) is 0 Å². The fourth-order valence-electron chi connectivity index (χ4n) is 1.87. The fourth-order valence-corrected chi connectivity index (χ4v) is 2.74. The highest BCUT2D eigenvalue weighted by Gasteiger charge is 2.07. The Labute approximate surface area is 128 Å². The number of hydrogen-bond donors (Lipinski definition) is 2. The van der Waals surface area contributed by atoms with Crippen LogP contribution in [-0.4, -0.2) is 18.5 Å². The lowest BCUT2D eigenvalue weighted by molar-refractivity contribution is -0.115. The van der Waals surface area contributed by atoms with Gasteiger partial charge in [-0.25, -0.2) is 0 Å². The molecule has 0 aliphatic heterocycles. The third kappa shape index (κ3) is 4.96. The number of amides is 1. The second-order valence-electron chi connectivity index (χ2n) is 4.68. The lowest BCUT2D eigenvalue weighted by Crippen LogP contribution is -2.35. The SMILES string of the molecule is CC(Cc1ccsc1)NCC(=O)Nc1cccc(Cl)c1. The molecule has 0 fully saturated rings. The number of benzene rings is 1. The summed E-state index contributed by atoms with van der Waals surface area (Å²) in [5, 5.41) is 10.8. The number of anilines is 1. The lowest BCUT2D eigenvalue weighted by atomic mass is 10.1. The number of halogens is 1. The van der Waals surface area contributed by atoms with Gasteiger partial charge in [0.25, 0.3) is 0 Å². The predicted molar refractivity (Wildman–Crippen MR) is 85.6 cm³/mol. The molecule has 0 saturated heterocycles. The van der Waals surface area contributed by atoms with Gasteiger partial charge in [0.15, 0.2) is 0 Å². The van der Waals surface area contributed by atoms with Crippen LogP contribution < -0.4 is 10.6 Å². The van der Waals surface area contributed by atoms with Crippen LogP contribution in [0.15, 0.2) is 41.1 Å². The largest absolute Gasteiger partial charge is 0.325 e. The van der Waals surface area contributed by atoms with Gasteiger partial charge in [-0.2, -0.15) is 11.3 Å². The van der Waals surface area contributed by atoms with Crippen LogP contribution in [0.5, 0.6) is 0 Å². The molecule has 1 aromatic carbocycles. The maximum atomic E-state index is 11.8. The van der Waals surface area contributed by atoms with E-state index in [1.165, 1.54) is 5.56 Å². The third-order valence-electron chi connectivity index (χ3n) is 2.84. The summed E-state index contributed by atoms with van der Waals surface area (Å²) in [6.07, 6.45) is 0.925. The van der Waals surface area contributed by atoms with Crippen LogP contribution in [-0.2, 0) is 11.2 Å². The normalized spacial score (nSPS) is 12.1. The highest BCUT2D eigenvalue weighted by atomic mass is 35.5. The van der Waals surface area contributed by atoms with Crippen molar-refractivity contribution in [1.29, 1.82) is 0 Å². The summed E-state index contributed by atoms with van der Waals surface area (Å²) < 4.78 is 0. The van der Waals surface area contributed by atoms with Crippen molar-refractivity contribution in [3.05, 3.63) is 51.7 Å². The summed E-state index contributed by atoms with van der Waals surface area (Å²) in [4.78, 5) is 11.8. The molecule has 0 aliphatic rings. The van der Waals surface area contributed by atoms with E-state index in [0.29, 0.717) is 5.02 Å². The first-order valence-corrected chi connectivity index (χ1v) is 7.75. The first-order valence-electron chi connectivity index (χ1n) is 6.43. The second-order valence-corrected chi connectivity index (χ2v) is 5.89. The molecule has 0 spiro atoms. The van der Waals surface area contributed by atoms with E-state index in [0.717, 1.165) is 12.1 Å². The monoisotopic (exact) mass is 308 g/mol. The summed E-state index contributed by atoms with van der Waals surface area (Å²) in [5.74, 6) is -0.0653. The van der Waals surface area contributed by atoms with Gasteiger partial charge in [-0.3, -0.25) is 4.79 Å². The Balaban J connectivity index is 1.74. The van der Waals surface area contributed by atoms with Crippen molar-refractivity contribution < 1.29 is 4.79 Å². The van der Waals surface area contributed by atoms with Gasteiger partial charge in [-0.1, -0.05) is 17.7 Å². The smallest absolute Gasteiger partial charge is 0.238 e. The highest BCUT2D eigenvalue weighted by molar-refractivity contribution is 7.07. The molecule has 106 valence electrons. The maximum Gasteiger partial charge on any atom is 0.238 e. The molecular weight excluding hydrogens is 292 g/mol. The zero-order valence-electron chi connectivity index (χ0n) is 11.2. The highest BCUT2D eigenvalue weighted by Crippen LogP contribution is 2.14. The molecule has 2 aromatic rings. The summed E-state index contributed by atoms with van der Waals surface area (Å²) in [6.45, 7) is 2.36. The Hall–Kier alpha value is -1.36. The van der Waals surface area contributed by atoms with Gasteiger partial charge >= 0.3 is 0 Å². The van der Waals surface area contributed by atoms with Crippen molar-refractivity contribution >= 4 is 34.5 Å². The Morgan fingerprint density at radius 2 is 2.25 bits per heavy atom. The summed E-state index contributed by atoms with van der Waals surface area (Å²) >= 11 is 7.56. The first kappa shape index (κ1) is 15.0. The first-order chi connectivity index (χ1) is 9.63. The van der Waals surface area contributed by atoms with Crippen molar-refractivity contribution in [2.75, 3.05) is 11.9 Å². The minimum Gasteiger partial charge on any atom is -0.325 e. The number of hydrogen-bond acceptors (Lipinski definition) is 3. The van der Waals surface area contributed by atoms with E-state index in [2.05, 4.69) is 34.4 Å². The molecular formula is C15H17ClN2OS.